The second kappa shape index (κ2) is 12.1. The molecule has 10 nitrogen and oxygen atoms in total. The maximum Gasteiger partial charge on any atom is 0.230 e. The largest absolute Gasteiger partial charge is 0.420 e. The minimum Gasteiger partial charge on any atom is -0.420 e. The Balaban J connectivity index is 1.22. The van der Waals surface area contributed by atoms with Crippen molar-refractivity contribution in [3.63, 3.8) is 0 Å². The highest BCUT2D eigenvalue weighted by Gasteiger charge is 2.26. The van der Waals surface area contributed by atoms with Crippen LogP contribution >= 0.6 is 22.9 Å². The predicted octanol–water partition coefficient (Wildman–Crippen LogP) is 4.71. The Bertz CT molecular complexity index is 1490. The van der Waals surface area contributed by atoms with Crippen molar-refractivity contribution >= 4 is 49.6 Å². The van der Waals surface area contributed by atoms with Gasteiger partial charge in [-0.15, -0.1) is 11.3 Å². The molecule has 3 aromatic heterocycles. The molecule has 0 spiro atoms. The zero-order valence-corrected chi connectivity index (χ0v) is 24.1. The molecule has 5 heterocycles. The number of hydrogen-bond acceptors (Lipinski definition) is 11. The number of nitrogens with one attached hydrogen (secondary N) is 2. The van der Waals surface area contributed by atoms with Crippen LogP contribution in [0.4, 0.5) is 5.69 Å². The Morgan fingerprint density at radius 1 is 1.15 bits per heavy atom. The number of benzene rings is 1. The average molecular weight is 585 g/mol. The second-order valence-corrected chi connectivity index (χ2v) is 11.7. The lowest BCUT2D eigenvalue weighted by molar-refractivity contribution is -0.0159. The van der Waals surface area contributed by atoms with Crippen LogP contribution in [-0.2, 0) is 16.0 Å². The highest BCUT2D eigenvalue weighted by Crippen LogP contribution is 2.43. The lowest BCUT2D eigenvalue weighted by Crippen LogP contribution is -2.37. The summed E-state index contributed by atoms with van der Waals surface area (Å²) in [7, 11) is 1.69. The van der Waals surface area contributed by atoms with Crippen molar-refractivity contribution in [3.05, 3.63) is 46.2 Å². The van der Waals surface area contributed by atoms with Gasteiger partial charge in [0.1, 0.15) is 6.23 Å². The lowest BCUT2D eigenvalue weighted by Gasteiger charge is -2.31. The van der Waals surface area contributed by atoms with Crippen LogP contribution in [-0.4, -0.2) is 77.1 Å². The van der Waals surface area contributed by atoms with E-state index in [0.717, 1.165) is 69.6 Å². The molecule has 12 heteroatoms. The molecule has 0 radical (unpaired) electrons. The van der Waals surface area contributed by atoms with E-state index in [1.54, 1.807) is 24.6 Å². The van der Waals surface area contributed by atoms with Gasteiger partial charge in [-0.1, -0.05) is 0 Å². The number of ether oxygens (including phenoxy) is 3. The molecule has 2 aliphatic rings. The molecule has 4 aromatic rings. The van der Waals surface area contributed by atoms with E-state index in [1.807, 2.05) is 31.2 Å². The fourth-order valence-corrected chi connectivity index (χ4v) is 6.59. The van der Waals surface area contributed by atoms with Gasteiger partial charge in [-0.2, -0.15) is 4.98 Å². The number of likely N-dealkylation sites (tertiary alicyclic amines) is 1. The first-order valence-electron chi connectivity index (χ1n) is 13.5. The van der Waals surface area contributed by atoms with Crippen molar-refractivity contribution in [1.29, 1.82) is 0 Å². The van der Waals surface area contributed by atoms with Gasteiger partial charge in [0, 0.05) is 72.6 Å². The van der Waals surface area contributed by atoms with Gasteiger partial charge in [0.15, 0.2) is 0 Å². The molecule has 3 N–H and O–H groups in total. The van der Waals surface area contributed by atoms with Crippen molar-refractivity contribution in [2.75, 3.05) is 45.3 Å². The van der Waals surface area contributed by atoms with Gasteiger partial charge in [-0.3, -0.25) is 10.2 Å². The number of hydrogen-bond donors (Lipinski definition) is 3. The number of pyridine rings is 1. The number of thiophene rings is 1. The van der Waals surface area contributed by atoms with Crippen LogP contribution in [0.15, 0.2) is 30.5 Å². The Hall–Kier alpha value is -2.64. The first kappa shape index (κ1) is 27.5. The number of aliphatic hydroxyl groups is 1. The molecule has 1 unspecified atom stereocenters. The first-order chi connectivity index (χ1) is 19.5. The molecular formula is C28H33ClN6O4S. The molecule has 0 bridgehead atoms. The highest BCUT2D eigenvalue weighted by atomic mass is 35.5. The normalized spacial score (nSPS) is 20.4. The molecule has 1 saturated heterocycles. The topological polar surface area (TPSA) is 114 Å². The van der Waals surface area contributed by atoms with Gasteiger partial charge >= 0.3 is 0 Å². The number of methoxy groups -OCH3 is 1. The van der Waals surface area contributed by atoms with Crippen LogP contribution in [0, 0.1) is 0 Å². The summed E-state index contributed by atoms with van der Waals surface area (Å²) in [6, 6.07) is 8.03. The molecule has 2 atom stereocenters. The van der Waals surface area contributed by atoms with Crippen LogP contribution < -0.4 is 15.4 Å². The molecule has 6 rings (SSSR count). The summed E-state index contributed by atoms with van der Waals surface area (Å²) in [5.74, 6) is 0.832. The van der Waals surface area contributed by atoms with Crippen molar-refractivity contribution in [3.8, 4) is 11.8 Å². The SMILES string of the molecule is COCCOC1CCN(Cc2cnc(Cl)nc2Oc2ccc3c(ccc4sc5c(c43)NC[C@@H](C)NC5O)n2)CC1. The zero-order chi connectivity index (χ0) is 27.6. The molecule has 0 aliphatic carbocycles. The van der Waals surface area contributed by atoms with E-state index < -0.39 is 6.23 Å². The van der Waals surface area contributed by atoms with E-state index in [0.29, 0.717) is 31.5 Å². The number of rotatable bonds is 8. The summed E-state index contributed by atoms with van der Waals surface area (Å²) < 4.78 is 18.3. The summed E-state index contributed by atoms with van der Waals surface area (Å²) in [4.78, 5) is 16.6. The van der Waals surface area contributed by atoms with Crippen LogP contribution in [0.25, 0.3) is 21.0 Å². The Labute approximate surface area is 241 Å². The minimum absolute atomic E-state index is 0.125. The van der Waals surface area contributed by atoms with E-state index in [1.165, 1.54) is 0 Å². The van der Waals surface area contributed by atoms with E-state index in [4.69, 9.17) is 30.8 Å². The number of piperidine rings is 1. The van der Waals surface area contributed by atoms with E-state index in [9.17, 15) is 5.11 Å². The van der Waals surface area contributed by atoms with Gasteiger partial charge in [0.25, 0.3) is 0 Å². The molecule has 212 valence electrons. The molecule has 1 fully saturated rings. The third kappa shape index (κ3) is 5.87. The molecule has 0 amide bonds. The maximum absolute atomic E-state index is 10.7. The highest BCUT2D eigenvalue weighted by molar-refractivity contribution is 7.20. The minimum atomic E-state index is -0.710. The number of fused-ring (bicyclic) bond motifs is 5. The fraction of sp³-hybridized carbons (Fsp3) is 0.464. The monoisotopic (exact) mass is 584 g/mol. The first-order valence-corrected chi connectivity index (χ1v) is 14.7. The molecule has 1 aromatic carbocycles. The van der Waals surface area contributed by atoms with Crippen LogP contribution in [0.3, 0.4) is 0 Å². The standard InChI is InChI=1S/C28H33ClN6O4S/c1-16-13-30-24-23-19-3-6-22(33-20(19)4-5-21(23)40-25(24)26(36)32-16)39-27-17(14-31-28(29)34-27)15-35-9-7-18(8-10-35)38-12-11-37-2/h3-6,14,16,18,26,30,32,36H,7-13,15H2,1-2H3/t16-,26?/m1/s1. The van der Waals surface area contributed by atoms with Crippen molar-refractivity contribution < 1.29 is 19.3 Å². The van der Waals surface area contributed by atoms with Gasteiger partial charge in [0.2, 0.25) is 17.0 Å². The lowest BCUT2D eigenvalue weighted by atomic mass is 10.1. The number of aliphatic hydroxyl groups excluding tert-OH is 1. The summed E-state index contributed by atoms with van der Waals surface area (Å²) in [5.41, 5.74) is 2.61. The Morgan fingerprint density at radius 3 is 2.83 bits per heavy atom. The molecular weight excluding hydrogens is 552 g/mol. The average Bonchev–Trinajstić information content (AvgIpc) is 3.27. The predicted molar refractivity (Wildman–Crippen MR) is 156 cm³/mol. The van der Waals surface area contributed by atoms with Crippen LogP contribution in [0.1, 0.15) is 36.4 Å². The maximum atomic E-state index is 10.7. The van der Waals surface area contributed by atoms with E-state index in [2.05, 4.69) is 25.5 Å². The second-order valence-electron chi connectivity index (χ2n) is 10.3. The number of anilines is 1. The third-order valence-corrected chi connectivity index (χ3v) is 8.76. The fourth-order valence-electron chi connectivity index (χ4n) is 5.32. The van der Waals surface area contributed by atoms with Crippen LogP contribution in [0.2, 0.25) is 5.28 Å². The number of nitrogens with zero attached hydrogens (tertiary/aromatic N) is 4. The van der Waals surface area contributed by atoms with Crippen LogP contribution in [0.5, 0.6) is 11.8 Å². The third-order valence-electron chi connectivity index (χ3n) is 7.37. The summed E-state index contributed by atoms with van der Waals surface area (Å²) in [5, 5.41) is 19.6. The molecule has 40 heavy (non-hydrogen) atoms. The molecule has 2 aliphatic heterocycles. The summed E-state index contributed by atoms with van der Waals surface area (Å²) in [6.45, 7) is 6.47. The Kier molecular flexibility index (Phi) is 8.31. The number of halogens is 1. The van der Waals surface area contributed by atoms with E-state index in [-0.39, 0.29) is 17.4 Å². The van der Waals surface area contributed by atoms with Crippen molar-refractivity contribution in [2.24, 2.45) is 0 Å². The van der Waals surface area contributed by atoms with Crippen molar-refractivity contribution in [1.82, 2.24) is 25.2 Å². The zero-order valence-electron chi connectivity index (χ0n) is 22.5. The number of aromatic nitrogens is 3. The van der Waals surface area contributed by atoms with Gasteiger partial charge in [-0.25, -0.2) is 9.97 Å². The van der Waals surface area contributed by atoms with Gasteiger partial charge in [-0.05, 0) is 49.6 Å². The van der Waals surface area contributed by atoms with Crippen molar-refractivity contribution in [2.45, 2.75) is 44.7 Å². The van der Waals surface area contributed by atoms with E-state index >= 15 is 0 Å². The summed E-state index contributed by atoms with van der Waals surface area (Å²) >= 11 is 7.75. The summed E-state index contributed by atoms with van der Waals surface area (Å²) in [6.07, 6.45) is 3.19. The quantitative estimate of drug-likeness (QED) is 0.199. The Morgan fingerprint density at radius 2 is 2.00 bits per heavy atom. The smallest absolute Gasteiger partial charge is 0.230 e. The molecule has 0 saturated carbocycles. The van der Waals surface area contributed by atoms with Gasteiger partial charge < -0.3 is 24.6 Å². The van der Waals surface area contributed by atoms with Gasteiger partial charge in [0.05, 0.1) is 35.4 Å².